The van der Waals surface area contributed by atoms with Crippen molar-refractivity contribution >= 4 is 83.4 Å². The second-order valence-corrected chi connectivity index (χ2v) is 21.5. The zero-order valence-electron chi connectivity index (χ0n) is 55.6. The first-order valence-corrected chi connectivity index (χ1v) is 29.9. The van der Waals surface area contributed by atoms with Crippen molar-refractivity contribution < 1.29 is 115 Å². The summed E-state index contributed by atoms with van der Waals surface area (Å²) in [5.41, 5.74) is 9.66. The molecular formula is C63H91N9O24. The molecule has 0 saturated heterocycles. The van der Waals surface area contributed by atoms with Crippen LogP contribution >= 0.6 is 0 Å². The van der Waals surface area contributed by atoms with E-state index in [2.05, 4.69) is 74.6 Å². The van der Waals surface area contributed by atoms with E-state index >= 15 is 0 Å². The molecule has 0 aromatic heterocycles. The van der Waals surface area contributed by atoms with Gasteiger partial charge in [-0.15, -0.1) is 0 Å². The van der Waals surface area contributed by atoms with Crippen molar-refractivity contribution in [2.45, 2.75) is 133 Å². The molecule has 0 aliphatic heterocycles. The van der Waals surface area contributed by atoms with Gasteiger partial charge in [0.05, 0.1) is 60.5 Å². The number of rotatable bonds is 37. The summed E-state index contributed by atoms with van der Waals surface area (Å²) < 4.78 is 44.0. The Bertz CT molecular complexity index is 2930. The molecule has 0 saturated carbocycles. The molecule has 0 radical (unpaired) electrons. The lowest BCUT2D eigenvalue weighted by Gasteiger charge is -2.24. The summed E-state index contributed by atoms with van der Waals surface area (Å²) in [5.74, 6) is -10.5. The van der Waals surface area contributed by atoms with Gasteiger partial charge in [-0.05, 0) is 75.6 Å². The lowest BCUT2D eigenvalue weighted by Crippen LogP contribution is -2.58. The van der Waals surface area contributed by atoms with Gasteiger partial charge in [-0.3, -0.25) is 47.9 Å². The molecule has 7 atom stereocenters. The van der Waals surface area contributed by atoms with Crippen molar-refractivity contribution in [3.8, 4) is 11.1 Å². The predicted octanol–water partition coefficient (Wildman–Crippen LogP) is -0.182. The van der Waals surface area contributed by atoms with Gasteiger partial charge in [0.1, 0.15) is 61.7 Å². The molecule has 1 aliphatic rings. The van der Waals surface area contributed by atoms with Crippen LogP contribution in [0.15, 0.2) is 73.8 Å². The summed E-state index contributed by atoms with van der Waals surface area (Å²) in [5, 5.41) is 25.8. The van der Waals surface area contributed by atoms with Gasteiger partial charge in [-0.2, -0.15) is 0 Å². The van der Waals surface area contributed by atoms with Crippen LogP contribution in [0.5, 0.6) is 0 Å². The fourth-order valence-corrected chi connectivity index (χ4v) is 8.48. The summed E-state index contributed by atoms with van der Waals surface area (Å²) in [6.07, 6.45) is -0.340. The number of nitrogens with one attached hydrogen (secondary N) is 8. The Morgan fingerprint density at radius 1 is 0.542 bits per heavy atom. The van der Waals surface area contributed by atoms with Gasteiger partial charge in [-0.1, -0.05) is 73.8 Å². The van der Waals surface area contributed by atoms with Crippen molar-refractivity contribution in [2.24, 2.45) is 5.73 Å². The van der Waals surface area contributed by atoms with Crippen LogP contribution in [0.3, 0.4) is 0 Å². The Morgan fingerprint density at radius 2 is 1.00 bits per heavy atom. The highest BCUT2D eigenvalue weighted by molar-refractivity contribution is 5.98. The van der Waals surface area contributed by atoms with Crippen LogP contribution in [-0.4, -0.2) is 219 Å². The number of benzene rings is 2. The molecule has 96 heavy (non-hydrogen) atoms. The van der Waals surface area contributed by atoms with Gasteiger partial charge in [0, 0.05) is 39.5 Å². The number of methoxy groups -OCH3 is 5. The first-order valence-electron chi connectivity index (χ1n) is 29.9. The number of aliphatic hydroxyl groups is 1. The molecule has 33 heteroatoms. The van der Waals surface area contributed by atoms with E-state index in [4.69, 9.17) is 34.5 Å². The maximum Gasteiger partial charge on any atom is 0.407 e. The molecule has 532 valence electrons. The summed E-state index contributed by atoms with van der Waals surface area (Å²) in [4.78, 5) is 175. The summed E-state index contributed by atoms with van der Waals surface area (Å²) in [7, 11) is 6.66. The third-order valence-corrected chi connectivity index (χ3v) is 13.3. The first-order chi connectivity index (χ1) is 45.6. The highest BCUT2D eigenvalue weighted by Gasteiger charge is 2.34. The summed E-state index contributed by atoms with van der Waals surface area (Å²) in [6, 6.07) is 6.29. The van der Waals surface area contributed by atoms with E-state index < -0.39 is 157 Å². The minimum absolute atomic E-state index is 0.0000721. The summed E-state index contributed by atoms with van der Waals surface area (Å²) in [6.45, 7) is 12.0. The Labute approximate surface area is 556 Å². The number of aliphatic hydroxyl groups excluding tert-OH is 1. The molecule has 11 N–H and O–H groups in total. The van der Waals surface area contributed by atoms with Gasteiger partial charge in [0.15, 0.2) is 0 Å². The second kappa shape index (κ2) is 45.3. The maximum absolute atomic E-state index is 13.2. The molecule has 8 amide bonds. The van der Waals surface area contributed by atoms with Crippen LogP contribution in [0.4, 0.5) is 9.59 Å². The van der Waals surface area contributed by atoms with E-state index in [1.807, 2.05) is 48.5 Å². The lowest BCUT2D eigenvalue weighted by atomic mass is 9.98. The number of carbonyl (C=O) groups is 14. The summed E-state index contributed by atoms with van der Waals surface area (Å²) >= 11 is 0. The van der Waals surface area contributed by atoms with E-state index in [1.165, 1.54) is 33.3 Å². The number of ether oxygens (including phenoxy) is 9. The number of esters is 6. The number of alkyl carbamates (subject to hydrolysis) is 2. The van der Waals surface area contributed by atoms with Gasteiger partial charge in [0.2, 0.25) is 35.4 Å². The van der Waals surface area contributed by atoms with Crippen LogP contribution in [0.25, 0.3) is 11.1 Å². The standard InChI is InChI=1S/C38H62N8O17.C24H25NO6.CH4O/c1-10-16-62-36(56)23(13-14-28(48)59-7)44-35(55)26(20-58-6)43-27(47)19-41-33(53)24(17-29(49)60-8)45-31(51)21(2)42-34(54)25(18-30(50)61-9)46-32(52)22(39)12-11-15-40-37(57)63-38(3,4)5;1-3-14-30-23(27)21(12-13-22(26)29-2)25-24(28)31-15-20-18-10-6-4-8-16(18)17-9-5-7-11-19(17)20;1-2/h10,21-26H,1,11-20,39H2,2-9H3,(H,40,57)(H,41,53)(H,42,54)(H,43,47)(H,44,55)(H,45,51)(H,46,52);3-11,20-21H,1,12-15H2,2H3,(H,25,28);2H,1H3. The van der Waals surface area contributed by atoms with Crippen molar-refractivity contribution in [3.05, 3.63) is 85.0 Å². The van der Waals surface area contributed by atoms with Gasteiger partial charge < -0.3 is 96.0 Å². The number of nitrogens with two attached hydrogens (primary N) is 1. The number of amides is 8. The van der Waals surface area contributed by atoms with E-state index in [0.717, 1.165) is 50.7 Å². The van der Waals surface area contributed by atoms with E-state index in [0.29, 0.717) is 0 Å². The molecule has 1 aliphatic carbocycles. The van der Waals surface area contributed by atoms with Gasteiger partial charge >= 0.3 is 48.0 Å². The van der Waals surface area contributed by atoms with Gasteiger partial charge in [-0.25, -0.2) is 19.2 Å². The quantitative estimate of drug-likeness (QED) is 0.0181. The Balaban J connectivity index is 0.00000115. The van der Waals surface area contributed by atoms with Crippen LogP contribution in [0, 0.1) is 0 Å². The maximum atomic E-state index is 13.2. The smallest absolute Gasteiger partial charge is 0.407 e. The van der Waals surface area contributed by atoms with Crippen LogP contribution in [-0.2, 0) is 100 Å². The number of hydrogen-bond donors (Lipinski definition) is 10. The molecule has 0 heterocycles. The number of hydrogen-bond acceptors (Lipinski definition) is 25. The van der Waals surface area contributed by atoms with Gasteiger partial charge in [0.25, 0.3) is 0 Å². The zero-order valence-corrected chi connectivity index (χ0v) is 55.6. The number of fused-ring (bicyclic) bond motifs is 3. The average Bonchev–Trinajstić information content (AvgIpc) is 1.62. The van der Waals surface area contributed by atoms with Crippen molar-refractivity contribution in [1.29, 1.82) is 0 Å². The fourth-order valence-electron chi connectivity index (χ4n) is 8.48. The molecule has 7 unspecified atom stereocenters. The zero-order chi connectivity index (χ0) is 72.5. The second-order valence-electron chi connectivity index (χ2n) is 21.5. The molecule has 0 spiro atoms. The predicted molar refractivity (Wildman–Crippen MR) is 340 cm³/mol. The SMILES string of the molecule is C=CCOC(=O)C(CCC(=O)OC)NC(=O)C(COC)NC(=O)CNC(=O)C(CC(=O)OC)NC(=O)C(C)NC(=O)C(CC(=O)OC)NC(=O)C(N)CCCNC(=O)OC(C)(C)C.C=CCOC(=O)C(CCC(=O)OC)NC(=O)OCC1c2ccccc2-c2ccccc21.CO. The highest BCUT2D eigenvalue weighted by atomic mass is 16.6. The van der Waals surface area contributed by atoms with Crippen molar-refractivity contribution in [3.63, 3.8) is 0 Å². The minimum atomic E-state index is -1.68. The van der Waals surface area contributed by atoms with Crippen molar-refractivity contribution in [1.82, 2.24) is 42.5 Å². The minimum Gasteiger partial charge on any atom is -0.469 e. The molecule has 2 aromatic carbocycles. The van der Waals surface area contributed by atoms with Crippen LogP contribution in [0.2, 0.25) is 0 Å². The molecular weight excluding hydrogens is 1270 g/mol. The van der Waals surface area contributed by atoms with E-state index in [1.54, 1.807) is 20.8 Å². The molecule has 3 rings (SSSR count). The highest BCUT2D eigenvalue weighted by Crippen LogP contribution is 2.44. The normalized spacial score (nSPS) is 13.1. The lowest BCUT2D eigenvalue weighted by molar-refractivity contribution is -0.148. The van der Waals surface area contributed by atoms with E-state index in [-0.39, 0.29) is 70.8 Å². The number of carbonyl (C=O) groups excluding carboxylic acids is 14. The third-order valence-electron chi connectivity index (χ3n) is 13.3. The molecule has 0 fully saturated rings. The largest absolute Gasteiger partial charge is 0.469 e. The first kappa shape index (κ1) is 84.0. The third kappa shape index (κ3) is 31.7. The van der Waals surface area contributed by atoms with Crippen LogP contribution < -0.4 is 48.3 Å². The fraction of sp³-hybridized carbons (Fsp3) is 0.524. The topological polar surface area (TPSA) is 465 Å². The Morgan fingerprint density at radius 3 is 1.48 bits per heavy atom. The Hall–Kier alpha value is -10.0. The molecule has 2 aromatic rings. The Kier molecular flexibility index (Phi) is 39.7. The molecule has 0 bridgehead atoms. The van der Waals surface area contributed by atoms with Crippen LogP contribution in [0.1, 0.15) is 96.1 Å². The molecule has 33 nitrogen and oxygen atoms in total. The van der Waals surface area contributed by atoms with E-state index in [9.17, 15) is 67.1 Å². The average molecular weight is 1360 g/mol. The monoisotopic (exact) mass is 1360 g/mol. The van der Waals surface area contributed by atoms with Crippen molar-refractivity contribution in [2.75, 3.05) is 82.2 Å².